The Labute approximate surface area is 103 Å². The van der Waals surface area contributed by atoms with Crippen molar-refractivity contribution in [2.24, 2.45) is 11.8 Å². The van der Waals surface area contributed by atoms with Crippen LogP contribution in [0, 0.1) is 11.8 Å². The first kappa shape index (κ1) is 12.1. The molecule has 1 aliphatic carbocycles. The van der Waals surface area contributed by atoms with Crippen LogP contribution in [0.3, 0.4) is 0 Å². The highest BCUT2D eigenvalue weighted by Crippen LogP contribution is 2.31. The van der Waals surface area contributed by atoms with Crippen LogP contribution < -0.4 is 10.6 Å². The summed E-state index contributed by atoms with van der Waals surface area (Å²) in [6, 6.07) is 1.93. The fraction of sp³-hybridized carbons (Fsp3) is 0.692. The fourth-order valence-corrected chi connectivity index (χ4v) is 2.46. The molecule has 0 radical (unpaired) electrons. The molecule has 0 amide bonds. The standard InChI is InChI=1S/C13H22N4/c1-3-14-13-15-8-7-12(17-13)16-9-11-6-4-5-10(11)2/h7-8,10-11H,3-6,9H2,1-2H3,(H2,14,15,16,17). The van der Waals surface area contributed by atoms with Gasteiger partial charge in [0.15, 0.2) is 0 Å². The normalized spacial score (nSPS) is 23.6. The van der Waals surface area contributed by atoms with Gasteiger partial charge in [-0.1, -0.05) is 19.8 Å². The van der Waals surface area contributed by atoms with E-state index in [2.05, 4.69) is 27.5 Å². The molecule has 1 heterocycles. The number of rotatable bonds is 5. The molecule has 0 aromatic carbocycles. The van der Waals surface area contributed by atoms with Crippen molar-refractivity contribution in [2.45, 2.75) is 33.1 Å². The van der Waals surface area contributed by atoms with Gasteiger partial charge in [0, 0.05) is 19.3 Å². The maximum Gasteiger partial charge on any atom is 0.224 e. The summed E-state index contributed by atoms with van der Waals surface area (Å²) in [6.45, 7) is 6.28. The maximum absolute atomic E-state index is 4.42. The van der Waals surface area contributed by atoms with Crippen molar-refractivity contribution in [3.8, 4) is 0 Å². The molecule has 0 aliphatic heterocycles. The lowest BCUT2D eigenvalue weighted by Gasteiger charge is -2.16. The van der Waals surface area contributed by atoms with E-state index in [4.69, 9.17) is 0 Å². The predicted molar refractivity (Wildman–Crippen MR) is 71.2 cm³/mol. The third-order valence-corrected chi connectivity index (χ3v) is 3.57. The van der Waals surface area contributed by atoms with Gasteiger partial charge in [0.25, 0.3) is 0 Å². The first-order valence-electron chi connectivity index (χ1n) is 6.60. The SMILES string of the molecule is CCNc1nccc(NCC2CCCC2C)n1. The van der Waals surface area contributed by atoms with Crippen LogP contribution >= 0.6 is 0 Å². The number of hydrogen-bond donors (Lipinski definition) is 2. The molecular weight excluding hydrogens is 212 g/mol. The molecule has 17 heavy (non-hydrogen) atoms. The number of anilines is 2. The highest BCUT2D eigenvalue weighted by molar-refractivity contribution is 5.39. The van der Waals surface area contributed by atoms with Crippen LogP contribution in [0.4, 0.5) is 11.8 Å². The van der Waals surface area contributed by atoms with Gasteiger partial charge < -0.3 is 10.6 Å². The third kappa shape index (κ3) is 3.32. The maximum atomic E-state index is 4.42. The van der Waals surface area contributed by atoms with Crippen molar-refractivity contribution >= 4 is 11.8 Å². The third-order valence-electron chi connectivity index (χ3n) is 3.57. The Kier molecular flexibility index (Phi) is 4.18. The molecule has 0 spiro atoms. The molecule has 1 aliphatic rings. The largest absolute Gasteiger partial charge is 0.370 e. The zero-order valence-electron chi connectivity index (χ0n) is 10.7. The molecule has 1 aromatic heterocycles. The minimum Gasteiger partial charge on any atom is -0.370 e. The van der Waals surface area contributed by atoms with Gasteiger partial charge in [-0.25, -0.2) is 4.98 Å². The second kappa shape index (κ2) is 5.84. The first-order valence-corrected chi connectivity index (χ1v) is 6.60. The Hall–Kier alpha value is -1.32. The van der Waals surface area contributed by atoms with Crippen LogP contribution in [-0.2, 0) is 0 Å². The van der Waals surface area contributed by atoms with Crippen molar-refractivity contribution in [3.05, 3.63) is 12.3 Å². The molecule has 2 rings (SSSR count). The van der Waals surface area contributed by atoms with E-state index in [1.165, 1.54) is 19.3 Å². The van der Waals surface area contributed by atoms with Crippen LogP contribution in [0.1, 0.15) is 33.1 Å². The second-order valence-corrected chi connectivity index (χ2v) is 4.84. The zero-order chi connectivity index (χ0) is 12.1. The fourth-order valence-electron chi connectivity index (χ4n) is 2.46. The lowest BCUT2D eigenvalue weighted by molar-refractivity contribution is 0.439. The average molecular weight is 234 g/mol. The summed E-state index contributed by atoms with van der Waals surface area (Å²) in [7, 11) is 0. The van der Waals surface area contributed by atoms with Gasteiger partial charge in [-0.3, -0.25) is 0 Å². The smallest absolute Gasteiger partial charge is 0.224 e. The molecule has 4 heteroatoms. The molecule has 2 unspecified atom stereocenters. The Morgan fingerprint density at radius 2 is 2.24 bits per heavy atom. The molecule has 1 aromatic rings. The van der Waals surface area contributed by atoms with E-state index < -0.39 is 0 Å². The molecule has 0 saturated heterocycles. The van der Waals surface area contributed by atoms with E-state index in [9.17, 15) is 0 Å². The molecule has 2 N–H and O–H groups in total. The van der Waals surface area contributed by atoms with Crippen molar-refractivity contribution in [2.75, 3.05) is 23.7 Å². The van der Waals surface area contributed by atoms with E-state index >= 15 is 0 Å². The van der Waals surface area contributed by atoms with Gasteiger partial charge in [-0.05, 0) is 31.2 Å². The lowest BCUT2D eigenvalue weighted by Crippen LogP contribution is -2.17. The van der Waals surface area contributed by atoms with Crippen LogP contribution in [-0.4, -0.2) is 23.1 Å². The van der Waals surface area contributed by atoms with E-state index in [0.29, 0.717) is 5.95 Å². The number of hydrogen-bond acceptors (Lipinski definition) is 4. The number of nitrogens with zero attached hydrogens (tertiary/aromatic N) is 2. The van der Waals surface area contributed by atoms with Crippen molar-refractivity contribution in [1.82, 2.24) is 9.97 Å². The minimum absolute atomic E-state index is 0.706. The summed E-state index contributed by atoms with van der Waals surface area (Å²) in [5.74, 6) is 3.28. The Bertz CT molecular complexity index is 353. The van der Waals surface area contributed by atoms with Crippen molar-refractivity contribution < 1.29 is 0 Å². The number of nitrogens with one attached hydrogen (secondary N) is 2. The van der Waals surface area contributed by atoms with E-state index in [0.717, 1.165) is 30.7 Å². The summed E-state index contributed by atoms with van der Waals surface area (Å²) in [4.78, 5) is 8.58. The van der Waals surface area contributed by atoms with Crippen LogP contribution in [0.2, 0.25) is 0 Å². The van der Waals surface area contributed by atoms with Crippen molar-refractivity contribution in [1.29, 1.82) is 0 Å². The highest BCUT2D eigenvalue weighted by Gasteiger charge is 2.22. The summed E-state index contributed by atoms with van der Waals surface area (Å²) in [5, 5.41) is 6.55. The van der Waals surface area contributed by atoms with Crippen LogP contribution in [0.25, 0.3) is 0 Å². The average Bonchev–Trinajstić information content (AvgIpc) is 2.73. The molecule has 2 atom stereocenters. The predicted octanol–water partition coefficient (Wildman–Crippen LogP) is 2.76. The number of aromatic nitrogens is 2. The van der Waals surface area contributed by atoms with E-state index in [1.54, 1.807) is 6.20 Å². The van der Waals surface area contributed by atoms with Gasteiger partial charge in [-0.15, -0.1) is 0 Å². The zero-order valence-corrected chi connectivity index (χ0v) is 10.7. The summed E-state index contributed by atoms with van der Waals surface area (Å²) >= 11 is 0. The summed E-state index contributed by atoms with van der Waals surface area (Å²) < 4.78 is 0. The van der Waals surface area contributed by atoms with Crippen LogP contribution in [0.5, 0.6) is 0 Å². The summed E-state index contributed by atoms with van der Waals surface area (Å²) in [5.41, 5.74) is 0. The topological polar surface area (TPSA) is 49.8 Å². The van der Waals surface area contributed by atoms with Gasteiger partial charge in [0.05, 0.1) is 0 Å². The quantitative estimate of drug-likeness (QED) is 0.822. The summed E-state index contributed by atoms with van der Waals surface area (Å²) in [6.07, 6.45) is 5.89. The van der Waals surface area contributed by atoms with Gasteiger partial charge in [0.2, 0.25) is 5.95 Å². The molecular formula is C13H22N4. The first-order chi connectivity index (χ1) is 8.29. The van der Waals surface area contributed by atoms with E-state index in [1.807, 2.05) is 13.0 Å². The van der Waals surface area contributed by atoms with Gasteiger partial charge in [-0.2, -0.15) is 4.98 Å². The second-order valence-electron chi connectivity index (χ2n) is 4.84. The van der Waals surface area contributed by atoms with E-state index in [-0.39, 0.29) is 0 Å². The molecule has 1 fully saturated rings. The van der Waals surface area contributed by atoms with Gasteiger partial charge in [0.1, 0.15) is 5.82 Å². The highest BCUT2D eigenvalue weighted by atomic mass is 15.1. The molecule has 1 saturated carbocycles. The monoisotopic (exact) mass is 234 g/mol. The molecule has 0 bridgehead atoms. The Morgan fingerprint density at radius 3 is 2.94 bits per heavy atom. The van der Waals surface area contributed by atoms with Crippen LogP contribution in [0.15, 0.2) is 12.3 Å². The van der Waals surface area contributed by atoms with Crippen molar-refractivity contribution in [3.63, 3.8) is 0 Å². The molecule has 94 valence electrons. The Balaban J connectivity index is 1.87. The minimum atomic E-state index is 0.706. The van der Waals surface area contributed by atoms with Gasteiger partial charge >= 0.3 is 0 Å². The lowest BCUT2D eigenvalue weighted by atomic mass is 9.98. The molecule has 4 nitrogen and oxygen atoms in total. The Morgan fingerprint density at radius 1 is 1.35 bits per heavy atom.